The van der Waals surface area contributed by atoms with Crippen molar-refractivity contribution in [2.45, 2.75) is 19.4 Å². The molecular formula is C25H20ClFN2O4. The van der Waals surface area contributed by atoms with E-state index in [4.69, 9.17) is 16.3 Å². The third-order valence-corrected chi connectivity index (χ3v) is 5.48. The van der Waals surface area contributed by atoms with Crippen LogP contribution >= 0.6 is 11.6 Å². The van der Waals surface area contributed by atoms with Crippen LogP contribution in [0.4, 0.5) is 10.1 Å². The number of carbonyl (C=O) groups is 2. The molecule has 4 rings (SSSR count). The van der Waals surface area contributed by atoms with E-state index in [1.165, 1.54) is 23.2 Å². The number of hydrogen-bond donors (Lipinski definition) is 1. The van der Waals surface area contributed by atoms with Gasteiger partial charge in [0.25, 0.3) is 11.7 Å². The van der Waals surface area contributed by atoms with Gasteiger partial charge in [0.05, 0.1) is 22.9 Å². The molecule has 1 aromatic heterocycles. The van der Waals surface area contributed by atoms with Crippen molar-refractivity contribution in [3.8, 4) is 5.75 Å². The zero-order chi connectivity index (χ0) is 23.5. The normalized spacial score (nSPS) is 17.4. The Morgan fingerprint density at radius 2 is 1.91 bits per heavy atom. The van der Waals surface area contributed by atoms with E-state index >= 15 is 0 Å². The van der Waals surface area contributed by atoms with Crippen LogP contribution in [-0.4, -0.2) is 28.4 Å². The van der Waals surface area contributed by atoms with E-state index in [9.17, 15) is 19.1 Å². The van der Waals surface area contributed by atoms with Gasteiger partial charge in [0, 0.05) is 17.4 Å². The van der Waals surface area contributed by atoms with Crippen LogP contribution in [0.1, 0.15) is 30.6 Å². The Morgan fingerprint density at radius 1 is 1.15 bits per heavy atom. The lowest BCUT2D eigenvalue weighted by molar-refractivity contribution is -0.132. The Bertz CT molecular complexity index is 1230. The number of halogens is 2. The van der Waals surface area contributed by atoms with Gasteiger partial charge in [0.2, 0.25) is 0 Å². The number of carbonyl (C=O) groups excluding carboxylic acids is 2. The van der Waals surface area contributed by atoms with E-state index in [-0.39, 0.29) is 22.0 Å². The lowest BCUT2D eigenvalue weighted by Crippen LogP contribution is -2.29. The molecule has 0 aliphatic carbocycles. The standard InChI is InChI=1S/C25H20ClFN2O4/c1-2-13-33-17-9-6-15(7-10-17)23(30)21-22(20-5-3-4-12-28-20)29(25(32)24(21)31)16-8-11-19(27)18(26)14-16/h3-12,14,22,30H,2,13H2,1H3/b23-21+. The van der Waals surface area contributed by atoms with E-state index in [0.717, 1.165) is 12.5 Å². The number of rotatable bonds is 6. The highest BCUT2D eigenvalue weighted by atomic mass is 35.5. The number of aliphatic hydroxyl groups is 1. The molecule has 6 nitrogen and oxygen atoms in total. The molecule has 1 unspecified atom stereocenters. The maximum Gasteiger partial charge on any atom is 0.300 e. The topological polar surface area (TPSA) is 79.7 Å². The molecule has 1 saturated heterocycles. The van der Waals surface area contributed by atoms with Crippen LogP contribution in [0.3, 0.4) is 0 Å². The van der Waals surface area contributed by atoms with E-state index in [0.29, 0.717) is 23.6 Å². The summed E-state index contributed by atoms with van der Waals surface area (Å²) in [7, 11) is 0. The van der Waals surface area contributed by atoms with Crippen molar-refractivity contribution in [1.82, 2.24) is 4.98 Å². The molecule has 2 aromatic carbocycles. The molecule has 1 aliphatic rings. The highest BCUT2D eigenvalue weighted by Gasteiger charge is 2.47. The second-order valence-corrected chi connectivity index (χ2v) is 7.80. The van der Waals surface area contributed by atoms with Crippen LogP contribution in [-0.2, 0) is 9.59 Å². The summed E-state index contributed by atoms with van der Waals surface area (Å²) in [5.74, 6) is -2.14. The largest absolute Gasteiger partial charge is 0.507 e. The van der Waals surface area contributed by atoms with Crippen molar-refractivity contribution < 1.29 is 23.8 Å². The summed E-state index contributed by atoms with van der Waals surface area (Å²) in [6, 6.07) is 14.3. The van der Waals surface area contributed by atoms with Gasteiger partial charge in [-0.2, -0.15) is 0 Å². The fourth-order valence-electron chi connectivity index (χ4n) is 3.64. The first-order chi connectivity index (χ1) is 15.9. The quantitative estimate of drug-likeness (QED) is 0.303. The highest BCUT2D eigenvalue weighted by molar-refractivity contribution is 6.51. The molecule has 0 bridgehead atoms. The molecule has 1 amide bonds. The summed E-state index contributed by atoms with van der Waals surface area (Å²) in [4.78, 5) is 31.6. The molecule has 0 saturated carbocycles. The molecule has 0 radical (unpaired) electrons. The van der Waals surface area contributed by atoms with E-state index in [2.05, 4.69) is 4.98 Å². The molecule has 1 aliphatic heterocycles. The average Bonchev–Trinajstić information content (AvgIpc) is 3.10. The molecule has 2 heterocycles. The fourth-order valence-corrected chi connectivity index (χ4v) is 3.81. The van der Waals surface area contributed by atoms with Gasteiger partial charge in [-0.15, -0.1) is 0 Å². The zero-order valence-corrected chi connectivity index (χ0v) is 18.4. The van der Waals surface area contributed by atoms with Crippen molar-refractivity contribution in [2.24, 2.45) is 0 Å². The number of ketones is 1. The van der Waals surface area contributed by atoms with Gasteiger partial charge >= 0.3 is 0 Å². The Morgan fingerprint density at radius 3 is 2.55 bits per heavy atom. The highest BCUT2D eigenvalue weighted by Crippen LogP contribution is 2.42. The summed E-state index contributed by atoms with van der Waals surface area (Å²) >= 11 is 5.93. The first kappa shape index (κ1) is 22.5. The van der Waals surface area contributed by atoms with Crippen LogP contribution in [0.15, 0.2) is 72.4 Å². The molecule has 8 heteroatoms. The van der Waals surface area contributed by atoms with E-state index in [1.807, 2.05) is 6.92 Å². The number of aromatic nitrogens is 1. The third kappa shape index (κ3) is 4.32. The smallest absolute Gasteiger partial charge is 0.300 e. The molecule has 168 valence electrons. The molecular weight excluding hydrogens is 447 g/mol. The van der Waals surface area contributed by atoms with Gasteiger partial charge < -0.3 is 9.84 Å². The minimum Gasteiger partial charge on any atom is -0.507 e. The summed E-state index contributed by atoms with van der Waals surface area (Å²) < 4.78 is 19.3. The van der Waals surface area contributed by atoms with Crippen LogP contribution < -0.4 is 9.64 Å². The Balaban J connectivity index is 1.84. The molecule has 0 spiro atoms. The maximum absolute atomic E-state index is 13.7. The number of nitrogens with zero attached hydrogens (tertiary/aromatic N) is 2. The van der Waals surface area contributed by atoms with Gasteiger partial charge in [-0.25, -0.2) is 4.39 Å². The maximum atomic E-state index is 13.7. The third-order valence-electron chi connectivity index (χ3n) is 5.19. The zero-order valence-electron chi connectivity index (χ0n) is 17.7. The SMILES string of the molecule is CCCOc1ccc(/C(O)=C2\C(=O)C(=O)N(c3ccc(F)c(Cl)c3)C2c2ccccn2)cc1. The van der Waals surface area contributed by atoms with Gasteiger partial charge in [-0.05, 0) is 61.0 Å². The molecule has 1 fully saturated rings. The summed E-state index contributed by atoms with van der Waals surface area (Å²) in [6.45, 7) is 2.54. The van der Waals surface area contributed by atoms with Gasteiger partial charge in [0.1, 0.15) is 23.4 Å². The molecule has 1 N–H and O–H groups in total. The van der Waals surface area contributed by atoms with Gasteiger partial charge in [-0.3, -0.25) is 19.5 Å². The van der Waals surface area contributed by atoms with Crippen molar-refractivity contribution in [3.63, 3.8) is 0 Å². The van der Waals surface area contributed by atoms with E-state index in [1.54, 1.807) is 42.5 Å². The van der Waals surface area contributed by atoms with Crippen molar-refractivity contribution in [1.29, 1.82) is 0 Å². The molecule has 1 atom stereocenters. The minimum absolute atomic E-state index is 0.124. The minimum atomic E-state index is -1.02. The number of Topliss-reactive ketones (excluding diaryl/α,β-unsaturated/α-hetero) is 1. The van der Waals surface area contributed by atoms with Gasteiger partial charge in [-0.1, -0.05) is 24.6 Å². The predicted octanol–water partition coefficient (Wildman–Crippen LogP) is 5.29. The first-order valence-corrected chi connectivity index (χ1v) is 10.7. The van der Waals surface area contributed by atoms with Crippen molar-refractivity contribution in [2.75, 3.05) is 11.5 Å². The summed E-state index contributed by atoms with van der Waals surface area (Å²) in [6.07, 6.45) is 2.37. The molecule has 33 heavy (non-hydrogen) atoms. The van der Waals surface area contributed by atoms with Crippen LogP contribution in [0.25, 0.3) is 5.76 Å². The summed E-state index contributed by atoms with van der Waals surface area (Å²) in [5, 5.41) is 10.9. The van der Waals surface area contributed by atoms with Crippen LogP contribution in [0.2, 0.25) is 5.02 Å². The number of aliphatic hydroxyl groups excluding tert-OH is 1. The Labute approximate surface area is 194 Å². The molecule has 3 aromatic rings. The second kappa shape index (κ2) is 9.42. The predicted molar refractivity (Wildman–Crippen MR) is 123 cm³/mol. The number of hydrogen-bond acceptors (Lipinski definition) is 5. The summed E-state index contributed by atoms with van der Waals surface area (Å²) in [5.41, 5.74) is 0.791. The number of benzene rings is 2. The second-order valence-electron chi connectivity index (χ2n) is 7.39. The van der Waals surface area contributed by atoms with Crippen molar-refractivity contribution in [3.05, 3.63) is 94.5 Å². The Hall–Kier alpha value is -3.71. The first-order valence-electron chi connectivity index (χ1n) is 10.3. The Kier molecular flexibility index (Phi) is 6.42. The lowest BCUT2D eigenvalue weighted by atomic mass is 9.98. The average molecular weight is 467 g/mol. The van der Waals surface area contributed by atoms with Gasteiger partial charge in [0.15, 0.2) is 0 Å². The number of ether oxygens (including phenoxy) is 1. The monoisotopic (exact) mass is 466 g/mol. The number of amides is 1. The van der Waals surface area contributed by atoms with Crippen LogP contribution in [0, 0.1) is 5.82 Å². The number of pyridine rings is 1. The number of anilines is 1. The van der Waals surface area contributed by atoms with E-state index < -0.39 is 23.5 Å². The van der Waals surface area contributed by atoms with Crippen molar-refractivity contribution >= 4 is 34.7 Å². The van der Waals surface area contributed by atoms with Crippen LogP contribution in [0.5, 0.6) is 5.75 Å². The fraction of sp³-hybridized carbons (Fsp3) is 0.160. The lowest BCUT2D eigenvalue weighted by Gasteiger charge is -2.24.